The number of aliphatic hydroxyl groups is 1. The van der Waals surface area contributed by atoms with Crippen LogP contribution in [0.25, 0.3) is 0 Å². The number of carbonyl (C=O) groups is 1. The van der Waals surface area contributed by atoms with Crippen LogP contribution in [-0.4, -0.2) is 26.3 Å². The van der Waals surface area contributed by atoms with Crippen molar-refractivity contribution in [1.82, 2.24) is 9.78 Å². The summed E-state index contributed by atoms with van der Waals surface area (Å²) in [6.07, 6.45) is 14.7. The molecule has 6 rings (SSSR count). The molecule has 0 spiro atoms. The average molecular weight is 411 g/mol. The van der Waals surface area contributed by atoms with Crippen molar-refractivity contribution < 1.29 is 9.90 Å². The Kier molecular flexibility index (Phi) is 4.04. The molecule has 1 N–H and O–H groups in total. The van der Waals surface area contributed by atoms with Gasteiger partial charge in [0.15, 0.2) is 5.78 Å². The zero-order valence-electron chi connectivity index (χ0n) is 18.9. The van der Waals surface area contributed by atoms with E-state index >= 15 is 0 Å². The molecule has 0 saturated heterocycles. The van der Waals surface area contributed by atoms with Crippen LogP contribution in [0.15, 0.2) is 12.4 Å². The highest BCUT2D eigenvalue weighted by molar-refractivity contribution is 5.89. The standard InChI is InChI=1S/C26H38N2O2/c1-16-13-27-28(14-16)15-23(29)26-12-18(26)10-22-21-5-4-17-11-24(2,30)8-6-19(17)20(21)7-9-25(22,26)3/h13-14,17-22,30H,4-12,15H2,1-3H3/t17-,18+,19+,20-,21-,22+,24-,25+,26-/m1/s1. The Balaban J connectivity index is 1.23. The third kappa shape index (κ3) is 2.55. The van der Waals surface area contributed by atoms with Gasteiger partial charge in [-0.1, -0.05) is 6.92 Å². The number of Topliss-reactive ketones (excluding diaryl/α,β-unsaturated/α-hetero) is 1. The van der Waals surface area contributed by atoms with E-state index in [9.17, 15) is 9.90 Å². The minimum absolute atomic E-state index is 0.0599. The van der Waals surface area contributed by atoms with Gasteiger partial charge in [0.05, 0.1) is 11.8 Å². The largest absolute Gasteiger partial charge is 0.390 e. The van der Waals surface area contributed by atoms with E-state index in [0.717, 1.165) is 54.4 Å². The van der Waals surface area contributed by atoms with Crippen molar-refractivity contribution in [3.8, 4) is 0 Å². The lowest BCUT2D eigenvalue weighted by Gasteiger charge is -2.57. The van der Waals surface area contributed by atoms with Crippen LogP contribution >= 0.6 is 0 Å². The Labute approximate surface area is 180 Å². The van der Waals surface area contributed by atoms with Gasteiger partial charge in [-0.05, 0) is 118 Å². The Hall–Kier alpha value is -1.16. The van der Waals surface area contributed by atoms with E-state index in [1.165, 1.54) is 38.5 Å². The molecule has 9 atom stereocenters. The molecule has 30 heavy (non-hydrogen) atoms. The zero-order valence-corrected chi connectivity index (χ0v) is 18.9. The summed E-state index contributed by atoms with van der Waals surface area (Å²) in [4.78, 5) is 13.6. The van der Waals surface area contributed by atoms with Crippen LogP contribution in [0.1, 0.15) is 77.2 Å². The van der Waals surface area contributed by atoms with E-state index in [0.29, 0.717) is 18.2 Å². The lowest BCUT2D eigenvalue weighted by atomic mass is 9.47. The fraction of sp³-hybridized carbons (Fsp3) is 0.846. The smallest absolute Gasteiger partial charge is 0.161 e. The van der Waals surface area contributed by atoms with Crippen molar-refractivity contribution in [1.29, 1.82) is 0 Å². The molecule has 0 amide bonds. The third-order valence-corrected chi connectivity index (χ3v) is 10.9. The second kappa shape index (κ2) is 6.21. The van der Waals surface area contributed by atoms with E-state index in [-0.39, 0.29) is 10.8 Å². The number of carbonyl (C=O) groups excluding carboxylic acids is 1. The number of hydrogen-bond acceptors (Lipinski definition) is 3. The molecule has 0 unspecified atom stereocenters. The first-order valence-corrected chi connectivity index (χ1v) is 12.5. The highest BCUT2D eigenvalue weighted by Crippen LogP contribution is 2.80. The Bertz CT molecular complexity index is 874. The summed E-state index contributed by atoms with van der Waals surface area (Å²) in [5, 5.41) is 15.0. The average Bonchev–Trinajstić information content (AvgIpc) is 3.20. The normalized spacial score (nSPS) is 51.5. The minimum Gasteiger partial charge on any atom is -0.390 e. The van der Waals surface area contributed by atoms with Crippen LogP contribution in [0, 0.1) is 53.3 Å². The predicted molar refractivity (Wildman–Crippen MR) is 116 cm³/mol. The fourth-order valence-electron chi connectivity index (χ4n) is 9.51. The van der Waals surface area contributed by atoms with Crippen molar-refractivity contribution in [3.63, 3.8) is 0 Å². The summed E-state index contributed by atoms with van der Waals surface area (Å²) in [6, 6.07) is 0. The number of nitrogens with zero attached hydrogens (tertiary/aromatic N) is 2. The first kappa shape index (κ1) is 19.5. The molecule has 4 heteroatoms. The molecule has 164 valence electrons. The monoisotopic (exact) mass is 410 g/mol. The molecule has 0 aliphatic heterocycles. The van der Waals surface area contributed by atoms with Crippen molar-refractivity contribution in [3.05, 3.63) is 18.0 Å². The fourth-order valence-corrected chi connectivity index (χ4v) is 9.51. The van der Waals surface area contributed by atoms with Gasteiger partial charge in [-0.3, -0.25) is 9.48 Å². The van der Waals surface area contributed by atoms with Gasteiger partial charge in [0.1, 0.15) is 6.54 Å². The molecule has 4 nitrogen and oxygen atoms in total. The molecular weight excluding hydrogens is 372 g/mol. The summed E-state index contributed by atoms with van der Waals surface area (Å²) in [6.45, 7) is 7.04. The van der Waals surface area contributed by atoms with Crippen molar-refractivity contribution in [2.75, 3.05) is 0 Å². The van der Waals surface area contributed by atoms with E-state index in [4.69, 9.17) is 0 Å². The maximum absolute atomic E-state index is 13.6. The van der Waals surface area contributed by atoms with Gasteiger partial charge >= 0.3 is 0 Å². The van der Waals surface area contributed by atoms with Gasteiger partial charge in [-0.25, -0.2) is 0 Å². The molecule has 0 radical (unpaired) electrons. The van der Waals surface area contributed by atoms with Crippen LogP contribution in [-0.2, 0) is 11.3 Å². The molecule has 0 aromatic carbocycles. The maximum atomic E-state index is 13.6. The summed E-state index contributed by atoms with van der Waals surface area (Å²) >= 11 is 0. The van der Waals surface area contributed by atoms with Crippen molar-refractivity contribution >= 4 is 5.78 Å². The summed E-state index contributed by atoms with van der Waals surface area (Å²) in [5.74, 6) is 5.04. The number of fused-ring (bicyclic) bond motifs is 7. The molecule has 5 aliphatic rings. The van der Waals surface area contributed by atoms with Crippen molar-refractivity contribution in [2.45, 2.75) is 90.7 Å². The van der Waals surface area contributed by atoms with Crippen molar-refractivity contribution in [2.24, 2.45) is 46.3 Å². The Morgan fingerprint density at radius 2 is 1.93 bits per heavy atom. The highest BCUT2D eigenvalue weighted by atomic mass is 16.3. The van der Waals surface area contributed by atoms with Gasteiger partial charge in [0, 0.05) is 11.6 Å². The molecular formula is C26H38N2O2. The molecule has 1 aromatic heterocycles. The summed E-state index contributed by atoms with van der Waals surface area (Å²) < 4.78 is 1.86. The highest BCUT2D eigenvalue weighted by Gasteiger charge is 2.77. The quantitative estimate of drug-likeness (QED) is 0.780. The van der Waals surface area contributed by atoms with Gasteiger partial charge in [-0.15, -0.1) is 0 Å². The second-order valence-electron chi connectivity index (χ2n) is 12.4. The van der Waals surface area contributed by atoms with Crippen LogP contribution in [0.2, 0.25) is 0 Å². The predicted octanol–water partition coefficient (Wildman–Crippen LogP) is 4.78. The third-order valence-electron chi connectivity index (χ3n) is 10.9. The Morgan fingerprint density at radius 1 is 1.13 bits per heavy atom. The van der Waals surface area contributed by atoms with E-state index < -0.39 is 5.60 Å². The molecule has 5 fully saturated rings. The Morgan fingerprint density at radius 3 is 2.70 bits per heavy atom. The minimum atomic E-state index is -0.437. The number of aromatic nitrogens is 2. The molecule has 5 saturated carbocycles. The molecule has 1 aromatic rings. The summed E-state index contributed by atoms with van der Waals surface area (Å²) in [7, 11) is 0. The molecule has 0 bridgehead atoms. The maximum Gasteiger partial charge on any atom is 0.161 e. The topological polar surface area (TPSA) is 55.1 Å². The van der Waals surface area contributed by atoms with Crippen LogP contribution in [0.5, 0.6) is 0 Å². The second-order valence-corrected chi connectivity index (χ2v) is 12.4. The van der Waals surface area contributed by atoms with Gasteiger partial charge < -0.3 is 5.11 Å². The number of hydrogen-bond donors (Lipinski definition) is 1. The summed E-state index contributed by atoms with van der Waals surface area (Å²) in [5.41, 5.74) is 0.834. The molecule has 5 aliphatic carbocycles. The van der Waals surface area contributed by atoms with E-state index in [1.807, 2.05) is 30.9 Å². The van der Waals surface area contributed by atoms with E-state index in [1.54, 1.807) is 0 Å². The zero-order chi connectivity index (χ0) is 20.9. The van der Waals surface area contributed by atoms with E-state index in [2.05, 4.69) is 12.0 Å². The van der Waals surface area contributed by atoms with Crippen LogP contribution < -0.4 is 0 Å². The van der Waals surface area contributed by atoms with Gasteiger partial charge in [-0.2, -0.15) is 5.10 Å². The molecule has 1 heterocycles. The van der Waals surface area contributed by atoms with Crippen LogP contribution in [0.3, 0.4) is 0 Å². The first-order chi connectivity index (χ1) is 14.2. The SMILES string of the molecule is Cc1cnn(CC(=O)[C@@]23C[C@@H]2C[C@H]2[C@@H]4CC[C@@H]5C[C@](C)(O)CC[C@@H]5[C@H]4CC[C@@]23C)c1. The first-order valence-electron chi connectivity index (χ1n) is 12.5. The van der Waals surface area contributed by atoms with Gasteiger partial charge in [0.2, 0.25) is 0 Å². The number of ketones is 1. The lowest BCUT2D eigenvalue weighted by Crippen LogP contribution is -2.52. The van der Waals surface area contributed by atoms with Crippen LogP contribution in [0.4, 0.5) is 0 Å². The number of rotatable bonds is 3. The number of aryl methyl sites for hydroxylation is 1. The lowest BCUT2D eigenvalue weighted by molar-refractivity contribution is -0.139. The van der Waals surface area contributed by atoms with Gasteiger partial charge in [0.25, 0.3) is 0 Å².